The van der Waals surface area contributed by atoms with Gasteiger partial charge in [0.15, 0.2) is 0 Å². The molecule has 0 aromatic heterocycles. The van der Waals surface area contributed by atoms with Gasteiger partial charge in [0.25, 0.3) is 0 Å². The molecule has 0 aromatic carbocycles. The van der Waals surface area contributed by atoms with Gasteiger partial charge in [0.1, 0.15) is 0 Å². The lowest BCUT2D eigenvalue weighted by atomic mass is 9.78. The topological polar surface area (TPSA) is 36.1 Å². The Morgan fingerprint density at radius 3 is 2.75 bits per heavy atom. The van der Waals surface area contributed by atoms with Crippen LogP contribution in [0.1, 0.15) is 13.3 Å². The van der Waals surface area contributed by atoms with Gasteiger partial charge in [-0.1, -0.05) is 6.92 Å². The summed E-state index contributed by atoms with van der Waals surface area (Å²) in [4.78, 5) is 0. The molecule has 3 N–H and O–H groups in total. The molecule has 2 unspecified atom stereocenters. The smallest absolute Gasteiger partial charge is 0.0356 e. The Kier molecular flexibility index (Phi) is 2.35. The zero-order valence-electron chi connectivity index (χ0n) is 7.82. The summed E-state index contributed by atoms with van der Waals surface area (Å²) in [5.74, 6) is 0.749. The van der Waals surface area contributed by atoms with Gasteiger partial charge in [-0.3, -0.25) is 0 Å². The van der Waals surface area contributed by atoms with E-state index in [4.69, 9.17) is 0 Å². The second-order valence-corrected chi connectivity index (χ2v) is 4.11. The number of rotatable bonds is 0. The van der Waals surface area contributed by atoms with Crippen molar-refractivity contribution in [1.82, 2.24) is 16.0 Å². The molecule has 2 atom stereocenters. The molecule has 12 heavy (non-hydrogen) atoms. The molecule has 2 aliphatic heterocycles. The fourth-order valence-corrected chi connectivity index (χ4v) is 2.37. The van der Waals surface area contributed by atoms with Crippen molar-refractivity contribution in [3.8, 4) is 0 Å². The average molecular weight is 169 g/mol. The molecule has 1 spiro atoms. The molecule has 0 bridgehead atoms. The van der Waals surface area contributed by atoms with Gasteiger partial charge >= 0.3 is 0 Å². The van der Waals surface area contributed by atoms with Crippen molar-refractivity contribution < 1.29 is 0 Å². The van der Waals surface area contributed by atoms with Gasteiger partial charge in [-0.05, 0) is 25.4 Å². The molecule has 3 heteroatoms. The molecular weight excluding hydrogens is 150 g/mol. The van der Waals surface area contributed by atoms with Gasteiger partial charge in [-0.15, -0.1) is 0 Å². The van der Waals surface area contributed by atoms with Crippen LogP contribution in [0, 0.1) is 5.92 Å². The molecule has 2 aliphatic rings. The SMILES string of the molecule is CC1CNCCC12CNCCN2. The van der Waals surface area contributed by atoms with E-state index in [2.05, 4.69) is 22.9 Å². The van der Waals surface area contributed by atoms with Crippen LogP contribution < -0.4 is 16.0 Å². The van der Waals surface area contributed by atoms with Crippen LogP contribution in [-0.2, 0) is 0 Å². The molecule has 0 radical (unpaired) electrons. The van der Waals surface area contributed by atoms with Crippen LogP contribution in [0.2, 0.25) is 0 Å². The highest BCUT2D eigenvalue weighted by Crippen LogP contribution is 2.24. The van der Waals surface area contributed by atoms with E-state index < -0.39 is 0 Å². The van der Waals surface area contributed by atoms with E-state index in [1.165, 1.54) is 13.0 Å². The maximum absolute atomic E-state index is 3.68. The normalized spacial score (nSPS) is 43.2. The summed E-state index contributed by atoms with van der Waals surface area (Å²) in [6.45, 7) is 8.07. The number of hydrogen-bond donors (Lipinski definition) is 3. The fraction of sp³-hybridized carbons (Fsp3) is 1.00. The lowest BCUT2D eigenvalue weighted by molar-refractivity contribution is 0.144. The molecule has 70 valence electrons. The second-order valence-electron chi connectivity index (χ2n) is 4.11. The third kappa shape index (κ3) is 1.37. The summed E-state index contributed by atoms with van der Waals surface area (Å²) < 4.78 is 0. The van der Waals surface area contributed by atoms with Crippen molar-refractivity contribution >= 4 is 0 Å². The lowest BCUT2D eigenvalue weighted by Crippen LogP contribution is -2.66. The summed E-state index contributed by atoms with van der Waals surface area (Å²) in [6.07, 6.45) is 1.27. The van der Waals surface area contributed by atoms with Gasteiger partial charge in [0.2, 0.25) is 0 Å². The average Bonchev–Trinajstić information content (AvgIpc) is 2.12. The van der Waals surface area contributed by atoms with Crippen molar-refractivity contribution in [3.63, 3.8) is 0 Å². The molecule has 0 amide bonds. The van der Waals surface area contributed by atoms with Crippen LogP contribution in [0.3, 0.4) is 0 Å². The Labute approximate surface area is 74.3 Å². The highest BCUT2D eigenvalue weighted by molar-refractivity contribution is 5.00. The Bertz CT molecular complexity index is 144. The molecule has 2 fully saturated rings. The van der Waals surface area contributed by atoms with E-state index in [9.17, 15) is 0 Å². The van der Waals surface area contributed by atoms with E-state index in [0.29, 0.717) is 5.54 Å². The predicted octanol–water partition coefficient (Wildman–Crippen LogP) is -0.453. The summed E-state index contributed by atoms with van der Waals surface area (Å²) in [5.41, 5.74) is 0.392. The van der Waals surface area contributed by atoms with E-state index in [-0.39, 0.29) is 0 Å². The molecule has 2 rings (SSSR count). The molecule has 2 heterocycles. The first-order valence-corrected chi connectivity index (χ1v) is 5.00. The van der Waals surface area contributed by atoms with Crippen LogP contribution in [0.4, 0.5) is 0 Å². The number of nitrogens with one attached hydrogen (secondary N) is 3. The van der Waals surface area contributed by atoms with E-state index in [1.54, 1.807) is 0 Å². The fourth-order valence-electron chi connectivity index (χ4n) is 2.37. The lowest BCUT2D eigenvalue weighted by Gasteiger charge is -2.46. The predicted molar refractivity (Wildman–Crippen MR) is 50.3 cm³/mol. The minimum absolute atomic E-state index is 0.392. The summed E-state index contributed by atoms with van der Waals surface area (Å²) in [5, 5.41) is 10.6. The Morgan fingerprint density at radius 1 is 1.17 bits per heavy atom. The van der Waals surface area contributed by atoms with Crippen LogP contribution in [-0.4, -0.2) is 38.3 Å². The first kappa shape index (κ1) is 8.48. The first-order chi connectivity index (χ1) is 5.83. The standard InChI is InChI=1S/C9H19N3/c1-8-6-10-3-2-9(8)7-11-4-5-12-9/h8,10-12H,2-7H2,1H3. The van der Waals surface area contributed by atoms with Crippen molar-refractivity contribution in [1.29, 1.82) is 0 Å². The molecular formula is C9H19N3. The van der Waals surface area contributed by atoms with Crippen LogP contribution >= 0.6 is 0 Å². The molecule has 3 nitrogen and oxygen atoms in total. The molecule has 0 saturated carbocycles. The number of hydrogen-bond acceptors (Lipinski definition) is 3. The van der Waals surface area contributed by atoms with Crippen LogP contribution in [0.5, 0.6) is 0 Å². The van der Waals surface area contributed by atoms with Gasteiger partial charge in [0.05, 0.1) is 0 Å². The van der Waals surface area contributed by atoms with Gasteiger partial charge < -0.3 is 16.0 Å². The van der Waals surface area contributed by atoms with Crippen LogP contribution in [0.25, 0.3) is 0 Å². The summed E-state index contributed by atoms with van der Waals surface area (Å²) >= 11 is 0. The van der Waals surface area contributed by atoms with Gasteiger partial charge in [0, 0.05) is 25.2 Å². The zero-order chi connectivity index (χ0) is 8.44. The van der Waals surface area contributed by atoms with Gasteiger partial charge in [-0.25, -0.2) is 0 Å². The van der Waals surface area contributed by atoms with Crippen molar-refractivity contribution in [2.75, 3.05) is 32.7 Å². The second kappa shape index (κ2) is 3.32. The van der Waals surface area contributed by atoms with Crippen molar-refractivity contribution in [2.24, 2.45) is 5.92 Å². The van der Waals surface area contributed by atoms with Crippen molar-refractivity contribution in [3.05, 3.63) is 0 Å². The maximum atomic E-state index is 3.68. The highest BCUT2D eigenvalue weighted by Gasteiger charge is 2.38. The number of piperazine rings is 1. The highest BCUT2D eigenvalue weighted by atomic mass is 15.1. The van der Waals surface area contributed by atoms with Crippen LogP contribution in [0.15, 0.2) is 0 Å². The number of piperidine rings is 1. The maximum Gasteiger partial charge on any atom is 0.0356 e. The quantitative estimate of drug-likeness (QED) is 0.459. The molecule has 0 aromatic rings. The molecule has 0 aliphatic carbocycles. The Morgan fingerprint density at radius 2 is 2.08 bits per heavy atom. The summed E-state index contributed by atoms with van der Waals surface area (Å²) in [6, 6.07) is 0. The minimum Gasteiger partial charge on any atom is -0.316 e. The van der Waals surface area contributed by atoms with E-state index in [1.807, 2.05) is 0 Å². The zero-order valence-corrected chi connectivity index (χ0v) is 7.82. The largest absolute Gasteiger partial charge is 0.316 e. The monoisotopic (exact) mass is 169 g/mol. The third-order valence-corrected chi connectivity index (χ3v) is 3.36. The van der Waals surface area contributed by atoms with E-state index >= 15 is 0 Å². The third-order valence-electron chi connectivity index (χ3n) is 3.36. The van der Waals surface area contributed by atoms with Gasteiger partial charge in [-0.2, -0.15) is 0 Å². The minimum atomic E-state index is 0.392. The Hall–Kier alpha value is -0.120. The first-order valence-electron chi connectivity index (χ1n) is 5.00. The Balaban J connectivity index is 2.04. The van der Waals surface area contributed by atoms with E-state index in [0.717, 1.165) is 32.1 Å². The molecule has 2 saturated heterocycles. The van der Waals surface area contributed by atoms with Crippen molar-refractivity contribution in [2.45, 2.75) is 18.9 Å². The summed E-state index contributed by atoms with van der Waals surface area (Å²) in [7, 11) is 0.